The lowest BCUT2D eigenvalue weighted by Gasteiger charge is -2.37. The largest absolute Gasteiger partial charge is 0.336 e. The first-order valence-electron chi connectivity index (χ1n) is 13.4. The number of hydrogen-bond donors (Lipinski definition) is 1. The van der Waals surface area contributed by atoms with Crippen LogP contribution < -0.4 is 5.32 Å². The summed E-state index contributed by atoms with van der Waals surface area (Å²) in [6, 6.07) is 8.81. The summed E-state index contributed by atoms with van der Waals surface area (Å²) in [6.07, 6.45) is 4.79. The first-order chi connectivity index (χ1) is 19.3. The second-order valence-electron chi connectivity index (χ2n) is 10.4. The van der Waals surface area contributed by atoms with Crippen molar-refractivity contribution in [1.82, 2.24) is 29.5 Å². The molecular formula is C29H30FN7O2S. The molecule has 2 aliphatic rings. The molecule has 0 spiro atoms. The van der Waals surface area contributed by atoms with Crippen molar-refractivity contribution in [2.45, 2.75) is 39.7 Å². The SMILES string of the molecule is CC(=O)Nc1nc2c(s1)-c1c(c(-c3cccnc3)nn1-c1ccc(C(=O)N3CCN(C(C)C)CC3)cc1F)CC2. The topological polar surface area (TPSA) is 96.2 Å². The highest BCUT2D eigenvalue weighted by atomic mass is 32.1. The van der Waals surface area contributed by atoms with E-state index in [1.54, 1.807) is 34.1 Å². The van der Waals surface area contributed by atoms with Crippen LogP contribution in [0.25, 0.3) is 27.5 Å². The fourth-order valence-corrected chi connectivity index (χ4v) is 6.53. The molecule has 9 nitrogen and oxygen atoms in total. The molecule has 0 bridgehead atoms. The first-order valence-corrected chi connectivity index (χ1v) is 14.2. The Bertz CT molecular complexity index is 1590. The number of hydrogen-bond acceptors (Lipinski definition) is 7. The number of pyridine rings is 1. The van der Waals surface area contributed by atoms with E-state index in [0.29, 0.717) is 42.7 Å². The molecule has 11 heteroatoms. The summed E-state index contributed by atoms with van der Waals surface area (Å²) >= 11 is 1.35. The van der Waals surface area contributed by atoms with E-state index in [0.717, 1.165) is 46.2 Å². The third-order valence-corrected chi connectivity index (χ3v) is 8.50. The van der Waals surface area contributed by atoms with E-state index < -0.39 is 5.82 Å². The predicted molar refractivity (Wildman–Crippen MR) is 152 cm³/mol. The van der Waals surface area contributed by atoms with Crippen molar-refractivity contribution in [1.29, 1.82) is 0 Å². The molecule has 0 unspecified atom stereocenters. The maximum absolute atomic E-state index is 15.8. The van der Waals surface area contributed by atoms with Crippen LogP contribution in [0.15, 0.2) is 42.7 Å². The Hall–Kier alpha value is -3.96. The number of halogens is 1. The number of thiazole rings is 1. The molecular weight excluding hydrogens is 529 g/mol. The minimum atomic E-state index is -0.534. The van der Waals surface area contributed by atoms with Crippen LogP contribution in [0.5, 0.6) is 0 Å². The fourth-order valence-electron chi connectivity index (χ4n) is 5.42. The van der Waals surface area contributed by atoms with Crippen molar-refractivity contribution in [3.05, 3.63) is 65.4 Å². The number of benzene rings is 1. The zero-order valence-corrected chi connectivity index (χ0v) is 23.5. The van der Waals surface area contributed by atoms with E-state index in [4.69, 9.17) is 5.10 Å². The summed E-state index contributed by atoms with van der Waals surface area (Å²) in [5, 5.41) is 8.15. The van der Waals surface area contributed by atoms with Gasteiger partial charge in [-0.15, -0.1) is 0 Å². The Labute approximate surface area is 235 Å². The van der Waals surface area contributed by atoms with Gasteiger partial charge in [-0.25, -0.2) is 14.1 Å². The minimum Gasteiger partial charge on any atom is -0.336 e. The molecule has 0 saturated carbocycles. The maximum atomic E-state index is 15.8. The van der Waals surface area contributed by atoms with E-state index >= 15 is 4.39 Å². The number of rotatable bonds is 5. The standard InChI is InChI=1S/C29H30FN7O2S/c1-17(2)35-11-13-36(14-12-35)28(39)19-6-9-24(22(30)15-19)37-26-21(25(34-37)20-5-4-10-31-16-20)7-8-23-27(26)40-29(33-23)32-18(3)38/h4-6,9-10,15-17H,7-8,11-14H2,1-3H3,(H,32,33,38). The highest BCUT2D eigenvalue weighted by Gasteiger charge is 2.31. The van der Waals surface area contributed by atoms with Gasteiger partial charge in [-0.3, -0.25) is 19.5 Å². The van der Waals surface area contributed by atoms with Gasteiger partial charge in [0.15, 0.2) is 5.13 Å². The summed E-state index contributed by atoms with van der Waals surface area (Å²) in [5.41, 5.74) is 4.69. The molecule has 4 aromatic rings. The molecule has 1 aliphatic heterocycles. The number of nitrogens with one attached hydrogen (secondary N) is 1. The van der Waals surface area contributed by atoms with Gasteiger partial charge in [-0.05, 0) is 57.0 Å². The normalized spacial score (nSPS) is 15.2. The highest BCUT2D eigenvalue weighted by molar-refractivity contribution is 7.19. The number of aromatic nitrogens is 4. The number of anilines is 1. The average Bonchev–Trinajstić information content (AvgIpc) is 3.53. The van der Waals surface area contributed by atoms with E-state index in [-0.39, 0.29) is 17.5 Å². The third kappa shape index (κ3) is 4.79. The number of amides is 2. The lowest BCUT2D eigenvalue weighted by molar-refractivity contribution is -0.114. The average molecular weight is 560 g/mol. The van der Waals surface area contributed by atoms with Crippen molar-refractivity contribution < 1.29 is 14.0 Å². The van der Waals surface area contributed by atoms with E-state index in [9.17, 15) is 9.59 Å². The Balaban J connectivity index is 1.39. The van der Waals surface area contributed by atoms with Gasteiger partial charge in [0.1, 0.15) is 11.5 Å². The number of carbonyl (C=O) groups excluding carboxylic acids is 2. The van der Waals surface area contributed by atoms with Gasteiger partial charge in [0.2, 0.25) is 5.91 Å². The summed E-state index contributed by atoms with van der Waals surface area (Å²) in [5.74, 6) is -0.904. The van der Waals surface area contributed by atoms with E-state index in [2.05, 4.69) is 34.0 Å². The smallest absolute Gasteiger partial charge is 0.254 e. The summed E-state index contributed by atoms with van der Waals surface area (Å²) in [7, 11) is 0. The molecule has 4 heterocycles. The molecule has 3 aromatic heterocycles. The van der Waals surface area contributed by atoms with Crippen molar-refractivity contribution in [2.75, 3.05) is 31.5 Å². The Morgan fingerprint density at radius 3 is 2.58 bits per heavy atom. The van der Waals surface area contributed by atoms with Crippen LogP contribution in [0.2, 0.25) is 0 Å². The number of piperazine rings is 1. The zero-order valence-electron chi connectivity index (χ0n) is 22.6. The number of aryl methyl sites for hydroxylation is 1. The molecule has 40 heavy (non-hydrogen) atoms. The summed E-state index contributed by atoms with van der Waals surface area (Å²) in [4.78, 5) is 38.8. The predicted octanol–water partition coefficient (Wildman–Crippen LogP) is 4.42. The molecule has 1 fully saturated rings. The van der Waals surface area contributed by atoms with Crippen molar-refractivity contribution in [3.63, 3.8) is 0 Å². The van der Waals surface area contributed by atoms with Gasteiger partial charge in [0, 0.05) is 68.2 Å². The minimum absolute atomic E-state index is 0.169. The van der Waals surface area contributed by atoms with Crippen LogP contribution in [0.1, 0.15) is 42.4 Å². The second-order valence-corrected chi connectivity index (χ2v) is 11.4. The second kappa shape index (κ2) is 10.5. The molecule has 6 rings (SSSR count). The van der Waals surface area contributed by atoms with Gasteiger partial charge >= 0.3 is 0 Å². The molecule has 2 amide bonds. The van der Waals surface area contributed by atoms with E-state index in [1.807, 2.05) is 12.1 Å². The Kier molecular flexibility index (Phi) is 6.93. The molecule has 1 aromatic carbocycles. The van der Waals surface area contributed by atoms with Crippen LogP contribution >= 0.6 is 11.3 Å². The quantitative estimate of drug-likeness (QED) is 0.389. The number of fused-ring (bicyclic) bond motifs is 3. The third-order valence-electron chi connectivity index (χ3n) is 7.48. The molecule has 0 atom stereocenters. The molecule has 1 aliphatic carbocycles. The van der Waals surface area contributed by atoms with E-state index in [1.165, 1.54) is 24.3 Å². The summed E-state index contributed by atoms with van der Waals surface area (Å²) < 4.78 is 17.5. The first kappa shape index (κ1) is 26.3. The van der Waals surface area contributed by atoms with Crippen LogP contribution in [0, 0.1) is 5.82 Å². The lowest BCUT2D eigenvalue weighted by Crippen LogP contribution is -2.50. The maximum Gasteiger partial charge on any atom is 0.254 e. The Morgan fingerprint density at radius 2 is 1.90 bits per heavy atom. The van der Waals surface area contributed by atoms with Crippen molar-refractivity contribution in [3.8, 4) is 27.5 Å². The van der Waals surface area contributed by atoms with Gasteiger partial charge in [-0.2, -0.15) is 5.10 Å². The molecule has 1 saturated heterocycles. The van der Waals surface area contributed by atoms with Crippen LogP contribution in [-0.4, -0.2) is 73.6 Å². The van der Waals surface area contributed by atoms with Gasteiger partial charge in [0.05, 0.1) is 22.0 Å². The van der Waals surface area contributed by atoms with Crippen molar-refractivity contribution in [2.24, 2.45) is 0 Å². The van der Waals surface area contributed by atoms with Gasteiger partial charge < -0.3 is 10.2 Å². The lowest BCUT2D eigenvalue weighted by atomic mass is 9.95. The highest BCUT2D eigenvalue weighted by Crippen LogP contribution is 2.44. The number of nitrogens with zero attached hydrogens (tertiary/aromatic N) is 6. The van der Waals surface area contributed by atoms with Gasteiger partial charge in [-0.1, -0.05) is 11.3 Å². The van der Waals surface area contributed by atoms with Gasteiger partial charge in [0.25, 0.3) is 5.91 Å². The molecule has 206 valence electrons. The Morgan fingerprint density at radius 1 is 1.10 bits per heavy atom. The van der Waals surface area contributed by atoms with Crippen LogP contribution in [0.3, 0.4) is 0 Å². The zero-order chi connectivity index (χ0) is 28.0. The number of carbonyl (C=O) groups is 2. The van der Waals surface area contributed by atoms with Crippen molar-refractivity contribution >= 4 is 28.3 Å². The molecule has 1 N–H and O–H groups in total. The summed E-state index contributed by atoms with van der Waals surface area (Å²) in [6.45, 7) is 8.58. The van der Waals surface area contributed by atoms with Crippen LogP contribution in [0.4, 0.5) is 9.52 Å². The monoisotopic (exact) mass is 559 g/mol. The van der Waals surface area contributed by atoms with Crippen LogP contribution in [-0.2, 0) is 17.6 Å². The fraction of sp³-hybridized carbons (Fsp3) is 0.345. The molecule has 0 radical (unpaired) electrons.